The molecule has 0 aliphatic rings. The number of aromatic nitrogens is 4. The van der Waals surface area contributed by atoms with E-state index in [1.807, 2.05) is 78.9 Å². The Labute approximate surface area is 287 Å². The van der Waals surface area contributed by atoms with Gasteiger partial charge >= 0.3 is 0 Å². The molecule has 3 heterocycles. The molecular formula is C45H28N4O. The summed E-state index contributed by atoms with van der Waals surface area (Å²) in [6.45, 7) is 0. The van der Waals surface area contributed by atoms with E-state index in [1.54, 1.807) is 0 Å². The van der Waals surface area contributed by atoms with E-state index in [0.29, 0.717) is 17.5 Å². The van der Waals surface area contributed by atoms with Gasteiger partial charge < -0.3 is 8.98 Å². The normalized spacial score (nSPS) is 11.6. The van der Waals surface area contributed by atoms with Gasteiger partial charge in [-0.2, -0.15) is 0 Å². The number of nitrogens with zero attached hydrogens (tertiary/aromatic N) is 4. The molecule has 0 saturated heterocycles. The zero-order valence-corrected chi connectivity index (χ0v) is 26.9. The number of hydrogen-bond acceptors (Lipinski definition) is 4. The van der Waals surface area contributed by atoms with Crippen LogP contribution in [-0.2, 0) is 0 Å². The van der Waals surface area contributed by atoms with Crippen molar-refractivity contribution in [2.45, 2.75) is 0 Å². The molecule has 50 heavy (non-hydrogen) atoms. The first-order valence-electron chi connectivity index (χ1n) is 16.7. The van der Waals surface area contributed by atoms with Crippen LogP contribution in [0.5, 0.6) is 0 Å². The van der Waals surface area contributed by atoms with Crippen molar-refractivity contribution < 1.29 is 4.42 Å². The van der Waals surface area contributed by atoms with Crippen LogP contribution in [0.15, 0.2) is 174 Å². The third kappa shape index (κ3) is 4.60. The monoisotopic (exact) mass is 640 g/mol. The Hall–Kier alpha value is -6.85. The number of hydrogen-bond donors (Lipinski definition) is 0. The molecule has 0 N–H and O–H groups in total. The highest BCUT2D eigenvalue weighted by Gasteiger charge is 2.21. The number of rotatable bonds is 5. The van der Waals surface area contributed by atoms with Crippen LogP contribution in [0, 0.1) is 0 Å². The molecule has 0 fully saturated rings. The standard InChI is InChI=1S/C45H28N4O/c1-4-14-29(15-5-1)32-26-33(45-47-43(30-16-6-2-7-17-30)46-44(48-45)31-18-8-3-9-19-31)28-34(27-32)49-38-22-12-10-20-35(38)36-24-25-40-41(42(36)49)37-21-11-13-23-39(37)50-40/h1-28H. The van der Waals surface area contributed by atoms with Crippen molar-refractivity contribution in [3.05, 3.63) is 170 Å². The van der Waals surface area contributed by atoms with Crippen molar-refractivity contribution in [2.24, 2.45) is 0 Å². The fraction of sp³-hybridized carbons (Fsp3) is 0. The van der Waals surface area contributed by atoms with Gasteiger partial charge in [-0.05, 0) is 53.6 Å². The van der Waals surface area contributed by atoms with E-state index in [4.69, 9.17) is 19.4 Å². The van der Waals surface area contributed by atoms with Crippen LogP contribution >= 0.6 is 0 Å². The second kappa shape index (κ2) is 11.4. The lowest BCUT2D eigenvalue weighted by Crippen LogP contribution is -2.02. The SMILES string of the molecule is c1ccc(-c2cc(-c3nc(-c4ccccc4)nc(-c4ccccc4)n3)cc(-n3c4ccccc4c4ccc5oc6ccccc6c5c43)c2)cc1. The first kappa shape index (κ1) is 28.2. The van der Waals surface area contributed by atoms with E-state index in [1.165, 1.54) is 10.8 Å². The Bertz CT molecular complexity index is 2800. The van der Waals surface area contributed by atoms with E-state index in [-0.39, 0.29) is 0 Å². The van der Waals surface area contributed by atoms with Crippen molar-refractivity contribution in [1.29, 1.82) is 0 Å². The largest absolute Gasteiger partial charge is 0.456 e. The van der Waals surface area contributed by atoms with Crippen LogP contribution in [0.1, 0.15) is 0 Å². The molecule has 3 aromatic heterocycles. The molecular weight excluding hydrogens is 613 g/mol. The van der Waals surface area contributed by atoms with Gasteiger partial charge in [-0.1, -0.05) is 127 Å². The van der Waals surface area contributed by atoms with Crippen LogP contribution in [0.2, 0.25) is 0 Å². The topological polar surface area (TPSA) is 56.7 Å². The van der Waals surface area contributed by atoms with Crippen molar-refractivity contribution in [1.82, 2.24) is 19.5 Å². The zero-order chi connectivity index (χ0) is 33.0. The molecule has 10 rings (SSSR count). The number of benzene rings is 7. The van der Waals surface area contributed by atoms with Crippen molar-refractivity contribution in [3.63, 3.8) is 0 Å². The second-order valence-electron chi connectivity index (χ2n) is 12.5. The molecule has 0 amide bonds. The molecule has 0 aliphatic carbocycles. The summed E-state index contributed by atoms with van der Waals surface area (Å²) < 4.78 is 8.78. The Balaban J connectivity index is 1.30. The first-order chi connectivity index (χ1) is 24.8. The summed E-state index contributed by atoms with van der Waals surface area (Å²) in [5.41, 5.74) is 9.90. The molecule has 5 nitrogen and oxygen atoms in total. The predicted octanol–water partition coefficient (Wildman–Crippen LogP) is 11.5. The van der Waals surface area contributed by atoms with Gasteiger partial charge in [0.2, 0.25) is 0 Å². The van der Waals surface area contributed by atoms with Crippen LogP contribution in [0.3, 0.4) is 0 Å². The highest BCUT2D eigenvalue weighted by molar-refractivity contribution is 6.24. The molecule has 7 aromatic carbocycles. The van der Waals surface area contributed by atoms with Gasteiger partial charge in [-0.25, -0.2) is 15.0 Å². The van der Waals surface area contributed by atoms with E-state index >= 15 is 0 Å². The van der Waals surface area contributed by atoms with E-state index in [9.17, 15) is 0 Å². The maximum Gasteiger partial charge on any atom is 0.164 e. The smallest absolute Gasteiger partial charge is 0.164 e. The Morgan fingerprint density at radius 3 is 1.60 bits per heavy atom. The zero-order valence-electron chi connectivity index (χ0n) is 26.9. The van der Waals surface area contributed by atoms with Crippen LogP contribution < -0.4 is 0 Å². The molecule has 0 saturated carbocycles. The average molecular weight is 641 g/mol. The van der Waals surface area contributed by atoms with Gasteiger partial charge in [0, 0.05) is 38.5 Å². The molecule has 10 aromatic rings. The van der Waals surface area contributed by atoms with Gasteiger partial charge in [-0.3, -0.25) is 0 Å². The second-order valence-corrected chi connectivity index (χ2v) is 12.5. The number of para-hydroxylation sites is 2. The quantitative estimate of drug-likeness (QED) is 0.188. The summed E-state index contributed by atoms with van der Waals surface area (Å²) >= 11 is 0. The molecule has 0 spiro atoms. The van der Waals surface area contributed by atoms with Gasteiger partial charge in [0.25, 0.3) is 0 Å². The highest BCUT2D eigenvalue weighted by Crippen LogP contribution is 2.42. The minimum atomic E-state index is 0.608. The molecule has 0 unspecified atom stereocenters. The predicted molar refractivity (Wildman–Crippen MR) is 203 cm³/mol. The van der Waals surface area contributed by atoms with E-state index < -0.39 is 0 Å². The van der Waals surface area contributed by atoms with E-state index in [2.05, 4.69) is 95.6 Å². The minimum absolute atomic E-state index is 0.608. The van der Waals surface area contributed by atoms with Gasteiger partial charge in [0.1, 0.15) is 11.2 Å². The molecule has 0 aliphatic heterocycles. The Kier molecular flexibility index (Phi) is 6.42. The first-order valence-corrected chi connectivity index (χ1v) is 16.7. The number of furan rings is 1. The Morgan fingerprint density at radius 1 is 0.380 bits per heavy atom. The van der Waals surface area contributed by atoms with Crippen molar-refractivity contribution in [2.75, 3.05) is 0 Å². The van der Waals surface area contributed by atoms with Gasteiger partial charge in [-0.15, -0.1) is 0 Å². The fourth-order valence-corrected chi connectivity index (χ4v) is 7.14. The van der Waals surface area contributed by atoms with Crippen LogP contribution in [0.25, 0.3) is 94.7 Å². The molecule has 0 atom stereocenters. The number of fused-ring (bicyclic) bond motifs is 7. The van der Waals surface area contributed by atoms with Crippen LogP contribution in [-0.4, -0.2) is 19.5 Å². The molecule has 0 bridgehead atoms. The third-order valence-electron chi connectivity index (χ3n) is 9.42. The summed E-state index contributed by atoms with van der Waals surface area (Å²) in [6.07, 6.45) is 0. The summed E-state index contributed by atoms with van der Waals surface area (Å²) in [4.78, 5) is 15.2. The fourth-order valence-electron chi connectivity index (χ4n) is 7.14. The lowest BCUT2D eigenvalue weighted by Gasteiger charge is -2.15. The average Bonchev–Trinajstić information content (AvgIpc) is 3.74. The lowest BCUT2D eigenvalue weighted by molar-refractivity contribution is 0.669. The molecule has 5 heteroatoms. The maximum absolute atomic E-state index is 6.40. The van der Waals surface area contributed by atoms with E-state index in [0.717, 1.165) is 66.5 Å². The highest BCUT2D eigenvalue weighted by atomic mass is 16.3. The summed E-state index contributed by atoms with van der Waals surface area (Å²) in [6, 6.07) is 58.6. The summed E-state index contributed by atoms with van der Waals surface area (Å²) in [7, 11) is 0. The molecule has 234 valence electrons. The van der Waals surface area contributed by atoms with Gasteiger partial charge in [0.15, 0.2) is 17.5 Å². The van der Waals surface area contributed by atoms with Crippen LogP contribution in [0.4, 0.5) is 0 Å². The molecule has 0 radical (unpaired) electrons. The van der Waals surface area contributed by atoms with Crippen molar-refractivity contribution >= 4 is 43.7 Å². The minimum Gasteiger partial charge on any atom is -0.456 e. The maximum atomic E-state index is 6.40. The Morgan fingerprint density at radius 2 is 0.920 bits per heavy atom. The van der Waals surface area contributed by atoms with Gasteiger partial charge in [0.05, 0.1) is 16.4 Å². The summed E-state index contributed by atoms with van der Waals surface area (Å²) in [5, 5.41) is 4.54. The third-order valence-corrected chi connectivity index (χ3v) is 9.42. The van der Waals surface area contributed by atoms with Crippen molar-refractivity contribution in [3.8, 4) is 51.0 Å². The summed E-state index contributed by atoms with van der Waals surface area (Å²) in [5.74, 6) is 1.87. The lowest BCUT2D eigenvalue weighted by atomic mass is 10.0.